The van der Waals surface area contributed by atoms with Gasteiger partial charge < -0.3 is 19.8 Å². The lowest BCUT2D eigenvalue weighted by atomic mass is 9.71. The summed E-state index contributed by atoms with van der Waals surface area (Å²) >= 11 is 6.42. The molecule has 0 bridgehead atoms. The van der Waals surface area contributed by atoms with E-state index in [0.29, 0.717) is 41.3 Å². The zero-order valence-corrected chi connectivity index (χ0v) is 25.6. The molecular formula is C32H41ClF3N3O3. The van der Waals surface area contributed by atoms with Gasteiger partial charge in [0.2, 0.25) is 0 Å². The molecule has 0 aromatic heterocycles. The minimum Gasteiger partial charge on any atom is -0.371 e. The number of nitrogens with zero attached hydrogens (tertiary/aromatic N) is 3. The summed E-state index contributed by atoms with van der Waals surface area (Å²) in [7, 11) is 3.38. The number of hydrogen-bond acceptors (Lipinski definition) is 4. The molecule has 4 rings (SSSR count). The third-order valence-corrected chi connectivity index (χ3v) is 9.39. The summed E-state index contributed by atoms with van der Waals surface area (Å²) in [5.74, 6) is -0.974. The van der Waals surface area contributed by atoms with E-state index < -0.39 is 23.2 Å². The molecule has 42 heavy (non-hydrogen) atoms. The highest BCUT2D eigenvalue weighted by molar-refractivity contribution is 6.34. The number of hydrogen-bond donors (Lipinski definition) is 1. The summed E-state index contributed by atoms with van der Waals surface area (Å²) in [4.78, 5) is 30.5. The van der Waals surface area contributed by atoms with Gasteiger partial charge in [0.05, 0.1) is 10.6 Å². The van der Waals surface area contributed by atoms with Crippen LogP contribution in [-0.4, -0.2) is 73.2 Å². The van der Waals surface area contributed by atoms with E-state index in [1.807, 2.05) is 19.1 Å². The van der Waals surface area contributed by atoms with Crippen LogP contribution in [0.15, 0.2) is 42.5 Å². The molecule has 1 unspecified atom stereocenters. The molecule has 0 aliphatic carbocycles. The van der Waals surface area contributed by atoms with E-state index in [2.05, 4.69) is 11.8 Å². The maximum Gasteiger partial charge on any atom is 0.430 e. The average Bonchev–Trinajstić information content (AvgIpc) is 2.96. The molecule has 0 radical (unpaired) electrons. The highest BCUT2D eigenvalue weighted by Crippen LogP contribution is 2.44. The first-order valence-corrected chi connectivity index (χ1v) is 15.0. The van der Waals surface area contributed by atoms with Crippen LogP contribution in [0.5, 0.6) is 0 Å². The maximum absolute atomic E-state index is 14.2. The third-order valence-electron chi connectivity index (χ3n) is 9.08. The number of halogens is 4. The number of carbonyl (C=O) groups is 2. The van der Waals surface area contributed by atoms with Crippen LogP contribution < -0.4 is 4.90 Å². The second kappa shape index (κ2) is 12.4. The van der Waals surface area contributed by atoms with E-state index in [4.69, 9.17) is 11.6 Å². The predicted molar refractivity (Wildman–Crippen MR) is 159 cm³/mol. The Balaban J connectivity index is 1.35. The van der Waals surface area contributed by atoms with Crippen molar-refractivity contribution in [2.75, 3.05) is 45.2 Å². The van der Waals surface area contributed by atoms with Crippen molar-refractivity contribution in [2.45, 2.75) is 64.1 Å². The number of anilines is 1. The highest BCUT2D eigenvalue weighted by atomic mass is 35.5. The number of carbonyl (C=O) groups excluding carboxylic acids is 2. The van der Waals surface area contributed by atoms with Gasteiger partial charge in [-0.15, -0.1) is 0 Å². The monoisotopic (exact) mass is 607 g/mol. The predicted octanol–water partition coefficient (Wildman–Crippen LogP) is 6.29. The van der Waals surface area contributed by atoms with Crippen LogP contribution in [0.2, 0.25) is 5.02 Å². The molecule has 2 fully saturated rings. The van der Waals surface area contributed by atoms with E-state index in [-0.39, 0.29) is 24.4 Å². The smallest absolute Gasteiger partial charge is 0.371 e. The fraction of sp³-hybridized carbons (Fsp3) is 0.562. The summed E-state index contributed by atoms with van der Waals surface area (Å²) in [5, 5.41) is 11.3. The van der Waals surface area contributed by atoms with Gasteiger partial charge in [-0.1, -0.05) is 49.7 Å². The van der Waals surface area contributed by atoms with Crippen LogP contribution in [0, 0.1) is 11.3 Å². The van der Waals surface area contributed by atoms with Gasteiger partial charge in [-0.25, -0.2) is 0 Å². The van der Waals surface area contributed by atoms with Crippen molar-refractivity contribution in [2.24, 2.45) is 11.3 Å². The van der Waals surface area contributed by atoms with Crippen molar-refractivity contribution < 1.29 is 27.9 Å². The summed E-state index contributed by atoms with van der Waals surface area (Å²) in [6.45, 7) is 6.01. The molecule has 1 N–H and O–H groups in total. The molecule has 6 nitrogen and oxygen atoms in total. The van der Waals surface area contributed by atoms with E-state index in [0.717, 1.165) is 38.0 Å². The normalized spacial score (nSPS) is 19.4. The maximum atomic E-state index is 14.2. The molecule has 1 atom stereocenters. The van der Waals surface area contributed by atoms with Gasteiger partial charge in [-0.3, -0.25) is 9.59 Å². The Bertz CT molecular complexity index is 1290. The largest absolute Gasteiger partial charge is 0.430 e. The average molecular weight is 608 g/mol. The number of alkyl halides is 3. The van der Waals surface area contributed by atoms with Crippen LogP contribution in [-0.2, 0) is 16.8 Å². The molecule has 2 heterocycles. The van der Waals surface area contributed by atoms with Gasteiger partial charge in [0.15, 0.2) is 0 Å². The Hall–Kier alpha value is -2.78. The molecular weight excluding hydrogens is 567 g/mol. The zero-order valence-electron chi connectivity index (χ0n) is 24.8. The lowest BCUT2D eigenvalue weighted by Gasteiger charge is -2.45. The molecule has 0 saturated carbocycles. The fourth-order valence-corrected chi connectivity index (χ4v) is 6.57. The molecule has 2 aliphatic heterocycles. The van der Waals surface area contributed by atoms with Crippen LogP contribution in [0.1, 0.15) is 67.4 Å². The van der Waals surface area contributed by atoms with Crippen LogP contribution >= 0.6 is 11.6 Å². The first-order valence-electron chi connectivity index (χ1n) is 14.6. The van der Waals surface area contributed by atoms with Crippen molar-refractivity contribution in [3.63, 3.8) is 0 Å². The van der Waals surface area contributed by atoms with Crippen molar-refractivity contribution in [1.29, 1.82) is 0 Å². The summed E-state index contributed by atoms with van der Waals surface area (Å²) in [6.07, 6.45) is -0.613. The second-order valence-electron chi connectivity index (χ2n) is 12.4. The first-order chi connectivity index (χ1) is 19.7. The number of amides is 2. The molecule has 2 saturated heterocycles. The molecule has 230 valence electrons. The SMILES string of the molecule is CCc1cccc(C(O)(C(=O)N2CCC(C)(CC3CCN(c4ccc(C(=O)N(C)C)c(Cl)c4)CC3)CC2)C(F)(F)F)c1. The molecule has 2 aromatic carbocycles. The molecule has 0 spiro atoms. The van der Waals surface area contributed by atoms with Crippen LogP contribution in [0.3, 0.4) is 0 Å². The Labute approximate surface area is 251 Å². The number of aryl methyl sites for hydroxylation is 1. The Kier molecular flexibility index (Phi) is 9.53. The number of piperidine rings is 2. The van der Waals surface area contributed by atoms with E-state index in [1.54, 1.807) is 26.2 Å². The fourth-order valence-electron chi connectivity index (χ4n) is 6.31. The molecule has 2 aromatic rings. The van der Waals surface area contributed by atoms with Crippen molar-refractivity contribution >= 4 is 29.1 Å². The van der Waals surface area contributed by atoms with Gasteiger partial charge in [0.1, 0.15) is 0 Å². The number of likely N-dealkylation sites (tertiary alicyclic amines) is 1. The number of rotatable bonds is 7. The van der Waals surface area contributed by atoms with Gasteiger partial charge >= 0.3 is 6.18 Å². The number of aliphatic hydroxyl groups is 1. The van der Waals surface area contributed by atoms with E-state index >= 15 is 0 Å². The van der Waals surface area contributed by atoms with Crippen molar-refractivity contribution in [3.05, 3.63) is 64.2 Å². The van der Waals surface area contributed by atoms with Crippen molar-refractivity contribution in [3.8, 4) is 0 Å². The molecule has 2 amide bonds. The minimum absolute atomic E-state index is 0.0976. The molecule has 2 aliphatic rings. The number of benzene rings is 2. The quantitative estimate of drug-likeness (QED) is 0.402. The van der Waals surface area contributed by atoms with Gasteiger partial charge in [-0.2, -0.15) is 13.2 Å². The Morgan fingerprint density at radius 1 is 1.05 bits per heavy atom. The van der Waals surface area contributed by atoms with E-state index in [1.165, 1.54) is 28.0 Å². The minimum atomic E-state index is -5.14. The second-order valence-corrected chi connectivity index (χ2v) is 12.8. The third kappa shape index (κ3) is 6.57. The summed E-state index contributed by atoms with van der Waals surface area (Å²) in [5.41, 5.74) is -2.02. The van der Waals surface area contributed by atoms with E-state index in [9.17, 15) is 27.9 Å². The summed E-state index contributed by atoms with van der Waals surface area (Å²) in [6, 6.07) is 11.1. The van der Waals surface area contributed by atoms with Gasteiger partial charge in [0.25, 0.3) is 17.4 Å². The standard InChI is InChI=1S/C32H41ClF3N3O3/c1-5-22-7-6-8-24(19-22)31(42,32(34,35)36)29(41)39-17-13-30(2,14-18-39)21-23-11-15-38(16-12-23)25-9-10-26(27(33)20-25)28(40)37(3)4/h6-10,19-20,23,42H,5,11-18,21H2,1-4H3. The van der Waals surface area contributed by atoms with Crippen LogP contribution in [0.25, 0.3) is 0 Å². The lowest BCUT2D eigenvalue weighted by Crippen LogP contribution is -2.57. The Morgan fingerprint density at radius 3 is 2.24 bits per heavy atom. The topological polar surface area (TPSA) is 64.1 Å². The highest BCUT2D eigenvalue weighted by Gasteiger charge is 2.62. The lowest BCUT2D eigenvalue weighted by molar-refractivity contribution is -0.262. The molecule has 10 heteroatoms. The zero-order chi connectivity index (χ0) is 30.9. The van der Waals surface area contributed by atoms with Crippen molar-refractivity contribution in [1.82, 2.24) is 9.80 Å². The summed E-state index contributed by atoms with van der Waals surface area (Å²) < 4.78 is 42.7. The Morgan fingerprint density at radius 2 is 1.69 bits per heavy atom. The first kappa shape index (κ1) is 32.1. The van der Waals surface area contributed by atoms with Gasteiger partial charge in [-0.05, 0) is 73.6 Å². The van der Waals surface area contributed by atoms with Gasteiger partial charge in [0, 0.05) is 51.5 Å². The van der Waals surface area contributed by atoms with Crippen LogP contribution in [0.4, 0.5) is 18.9 Å².